The number of benzene rings is 3. The van der Waals surface area contributed by atoms with Crippen LogP contribution < -0.4 is 21.7 Å². The van der Waals surface area contributed by atoms with Crippen molar-refractivity contribution in [1.29, 1.82) is 0 Å². The molecule has 1 unspecified atom stereocenters. The van der Waals surface area contributed by atoms with Gasteiger partial charge in [-0.25, -0.2) is 8.78 Å². The van der Waals surface area contributed by atoms with Crippen LogP contribution in [0.1, 0.15) is 36.1 Å². The first-order valence-electron chi connectivity index (χ1n) is 14.0. The zero-order valence-corrected chi connectivity index (χ0v) is 23.4. The first kappa shape index (κ1) is 29.4. The number of hydrogen-bond acceptors (Lipinski definition) is 6. The van der Waals surface area contributed by atoms with E-state index in [-0.39, 0.29) is 17.4 Å². The Morgan fingerprint density at radius 2 is 1.81 bits per heavy atom. The molecule has 2 heterocycles. The molecule has 2 saturated heterocycles. The van der Waals surface area contributed by atoms with Crippen molar-refractivity contribution in [2.75, 3.05) is 42.6 Å². The van der Waals surface area contributed by atoms with E-state index in [9.17, 15) is 18.4 Å². The average Bonchev–Trinajstić information content (AvgIpc) is 3.59. The Balaban J connectivity index is 1.25. The minimum atomic E-state index is -2.96. The molecular formula is C32H35F2N5O3. The highest BCUT2D eigenvalue weighted by atomic mass is 19.3. The smallest absolute Gasteiger partial charge is 0.270 e. The molecule has 42 heavy (non-hydrogen) atoms. The highest BCUT2D eigenvalue weighted by Crippen LogP contribution is 2.29. The number of ether oxygens (including phenoxy) is 1. The van der Waals surface area contributed by atoms with E-state index in [0.29, 0.717) is 35.8 Å². The summed E-state index contributed by atoms with van der Waals surface area (Å²) >= 11 is 0. The van der Waals surface area contributed by atoms with Gasteiger partial charge in [-0.3, -0.25) is 14.5 Å². The summed E-state index contributed by atoms with van der Waals surface area (Å²) in [5.74, 6) is -3.58. The number of morpholine rings is 1. The van der Waals surface area contributed by atoms with Crippen molar-refractivity contribution in [3.8, 4) is 0 Å². The third-order valence-electron chi connectivity index (χ3n) is 7.60. The van der Waals surface area contributed by atoms with Crippen molar-refractivity contribution in [3.05, 3.63) is 95.6 Å². The Kier molecular flexibility index (Phi) is 8.96. The summed E-state index contributed by atoms with van der Waals surface area (Å²) in [6, 6.07) is 19.6. The predicted octanol–water partition coefficient (Wildman–Crippen LogP) is 4.77. The predicted molar refractivity (Wildman–Crippen MR) is 160 cm³/mol. The first-order valence-corrected chi connectivity index (χ1v) is 14.0. The lowest BCUT2D eigenvalue weighted by atomic mass is 10.0. The fourth-order valence-electron chi connectivity index (χ4n) is 5.28. The largest absolute Gasteiger partial charge is 0.397 e. The summed E-state index contributed by atoms with van der Waals surface area (Å²) in [6.45, 7) is 3.82. The minimum Gasteiger partial charge on any atom is -0.397 e. The van der Waals surface area contributed by atoms with Gasteiger partial charge in [0.2, 0.25) is 11.8 Å². The highest BCUT2D eigenvalue weighted by molar-refractivity contribution is 6.03. The maximum absolute atomic E-state index is 13.6. The second-order valence-electron chi connectivity index (χ2n) is 10.8. The summed E-state index contributed by atoms with van der Waals surface area (Å²) in [7, 11) is 0. The van der Waals surface area contributed by atoms with E-state index in [1.807, 2.05) is 24.3 Å². The number of hydrogen-bond donors (Lipinski definition) is 4. The van der Waals surface area contributed by atoms with Crippen molar-refractivity contribution in [3.63, 3.8) is 0 Å². The van der Waals surface area contributed by atoms with Gasteiger partial charge >= 0.3 is 0 Å². The van der Waals surface area contributed by atoms with Gasteiger partial charge in [0.1, 0.15) is 6.04 Å². The van der Waals surface area contributed by atoms with Crippen molar-refractivity contribution >= 4 is 35.0 Å². The minimum absolute atomic E-state index is 0.122. The Labute approximate surface area is 243 Å². The molecule has 2 aliphatic rings. The molecule has 0 radical (unpaired) electrons. The Hall–Kier alpha value is -4.12. The van der Waals surface area contributed by atoms with E-state index in [1.54, 1.807) is 30.3 Å². The summed E-state index contributed by atoms with van der Waals surface area (Å²) in [4.78, 5) is 28.2. The van der Waals surface area contributed by atoms with Crippen LogP contribution in [0.2, 0.25) is 0 Å². The molecule has 5 rings (SSSR count). The van der Waals surface area contributed by atoms with Crippen LogP contribution in [0.5, 0.6) is 0 Å². The van der Waals surface area contributed by atoms with Gasteiger partial charge in [0.05, 0.1) is 24.1 Å². The van der Waals surface area contributed by atoms with Crippen LogP contribution in [0.15, 0.2) is 78.9 Å². The van der Waals surface area contributed by atoms with E-state index in [2.05, 4.69) is 20.9 Å². The molecular weight excluding hydrogens is 540 g/mol. The number of carbonyl (C=O) groups excluding carboxylic acids is 2. The second kappa shape index (κ2) is 12.8. The summed E-state index contributed by atoms with van der Waals surface area (Å²) in [5, 5.41) is 8.97. The lowest BCUT2D eigenvalue weighted by molar-refractivity contribution is -0.118. The Morgan fingerprint density at radius 3 is 2.45 bits per heavy atom. The zero-order valence-electron chi connectivity index (χ0n) is 23.4. The highest BCUT2D eigenvalue weighted by Gasteiger charge is 2.38. The topological polar surface area (TPSA) is 109 Å². The standard InChI is InChI=1S/C32H35F2N5O3/c1-32(33,34)23-11-13-24(14-12-23)37-31(41)30(36-16-17-39-19-26-18-25(39)20-42-26)22-9-6-21(7-10-22)8-15-29(40)38-28-5-3-2-4-27(28)35/h2-15,25-26,30,36H,16-20,35H2,1H3,(H,37,41)(H,38,40)/b15-8+/t25-,26-,30?/m0/s1. The molecule has 0 saturated carbocycles. The fourth-order valence-corrected chi connectivity index (χ4v) is 5.28. The molecule has 5 N–H and O–H groups in total. The number of nitrogens with zero attached hydrogens (tertiary/aromatic N) is 1. The quantitative estimate of drug-likeness (QED) is 0.194. The number of fused-ring (bicyclic) bond motifs is 2. The van der Waals surface area contributed by atoms with E-state index >= 15 is 0 Å². The third-order valence-corrected chi connectivity index (χ3v) is 7.60. The van der Waals surface area contributed by atoms with E-state index < -0.39 is 12.0 Å². The van der Waals surface area contributed by atoms with Crippen LogP contribution in [0.4, 0.5) is 25.8 Å². The van der Waals surface area contributed by atoms with Crippen LogP contribution in [0, 0.1) is 0 Å². The number of carbonyl (C=O) groups is 2. The average molecular weight is 576 g/mol. The Morgan fingerprint density at radius 1 is 1.07 bits per heavy atom. The molecule has 2 fully saturated rings. The van der Waals surface area contributed by atoms with Crippen molar-refractivity contribution in [2.45, 2.75) is 37.5 Å². The van der Waals surface area contributed by atoms with Gasteiger partial charge < -0.3 is 26.4 Å². The number of amides is 2. The van der Waals surface area contributed by atoms with Gasteiger partial charge in [-0.1, -0.05) is 48.5 Å². The molecule has 3 atom stereocenters. The monoisotopic (exact) mass is 575 g/mol. The van der Waals surface area contributed by atoms with Crippen molar-refractivity contribution in [2.24, 2.45) is 0 Å². The molecule has 2 bridgehead atoms. The summed E-state index contributed by atoms with van der Waals surface area (Å²) in [6.07, 6.45) is 4.43. The second-order valence-corrected chi connectivity index (χ2v) is 10.8. The van der Waals surface area contributed by atoms with Gasteiger partial charge in [0, 0.05) is 49.9 Å². The number of alkyl halides is 2. The van der Waals surface area contributed by atoms with Crippen LogP contribution in [-0.4, -0.2) is 55.1 Å². The number of likely N-dealkylation sites (tertiary alicyclic amines) is 1. The number of halogens is 2. The normalized spacial score (nSPS) is 19.2. The number of nitrogens with two attached hydrogens (primary N) is 1. The number of rotatable bonds is 11. The van der Waals surface area contributed by atoms with Crippen molar-refractivity contribution in [1.82, 2.24) is 10.2 Å². The van der Waals surface area contributed by atoms with Crippen LogP contribution in [-0.2, 0) is 20.2 Å². The maximum atomic E-state index is 13.6. The van der Waals surface area contributed by atoms with Crippen LogP contribution >= 0.6 is 0 Å². The Bertz CT molecular complexity index is 1420. The molecule has 220 valence electrons. The molecule has 3 aromatic carbocycles. The van der Waals surface area contributed by atoms with Gasteiger partial charge in [-0.05, 0) is 47.9 Å². The third kappa shape index (κ3) is 7.39. The molecule has 8 nitrogen and oxygen atoms in total. The van der Waals surface area contributed by atoms with Gasteiger partial charge in [0.25, 0.3) is 5.92 Å². The van der Waals surface area contributed by atoms with Gasteiger partial charge in [-0.2, -0.15) is 0 Å². The number of nitrogen functional groups attached to an aromatic ring is 1. The molecule has 0 aliphatic carbocycles. The molecule has 10 heteroatoms. The molecule has 0 spiro atoms. The van der Waals surface area contributed by atoms with Gasteiger partial charge in [0.15, 0.2) is 0 Å². The van der Waals surface area contributed by atoms with Gasteiger partial charge in [-0.15, -0.1) is 0 Å². The molecule has 3 aromatic rings. The van der Waals surface area contributed by atoms with E-state index in [4.69, 9.17) is 10.5 Å². The van der Waals surface area contributed by atoms with Crippen LogP contribution in [0.25, 0.3) is 6.08 Å². The lowest BCUT2D eigenvalue weighted by Gasteiger charge is -2.27. The number of nitrogens with one attached hydrogen (secondary N) is 3. The van der Waals surface area contributed by atoms with Crippen molar-refractivity contribution < 1.29 is 23.1 Å². The maximum Gasteiger partial charge on any atom is 0.270 e. The SMILES string of the molecule is CC(F)(F)c1ccc(NC(=O)C(NCCN2C[C@@H]3C[C@H]2CO3)c2ccc(/C=C/C(=O)Nc3ccccc3N)cc2)cc1. The fraction of sp³-hybridized carbons (Fsp3) is 0.312. The summed E-state index contributed by atoms with van der Waals surface area (Å²) < 4.78 is 32.9. The van der Waals surface area contributed by atoms with E-state index in [1.165, 1.54) is 30.3 Å². The molecule has 0 aromatic heterocycles. The summed E-state index contributed by atoms with van der Waals surface area (Å²) in [5.41, 5.74) is 8.72. The first-order chi connectivity index (χ1) is 20.2. The number of para-hydroxylation sites is 2. The molecule has 2 aliphatic heterocycles. The zero-order chi connectivity index (χ0) is 29.7. The lowest BCUT2D eigenvalue weighted by Crippen LogP contribution is -2.43. The number of anilines is 3. The molecule has 2 amide bonds. The van der Waals surface area contributed by atoms with Crippen LogP contribution in [0.3, 0.4) is 0 Å². The van der Waals surface area contributed by atoms with E-state index in [0.717, 1.165) is 44.2 Å².